The smallest absolute Gasteiger partial charge is 0.407 e. The van der Waals surface area contributed by atoms with E-state index in [2.05, 4.69) is 15.2 Å². The number of benzene rings is 2. The van der Waals surface area contributed by atoms with Crippen LogP contribution in [0.5, 0.6) is 5.75 Å². The molecule has 0 unspecified atom stereocenters. The number of alkyl carbamates (subject to hydrolysis) is 1. The highest BCUT2D eigenvalue weighted by Gasteiger charge is 2.16. The fraction of sp³-hybridized carbons (Fsp3) is 0.200. The van der Waals surface area contributed by atoms with Crippen molar-refractivity contribution < 1.29 is 23.0 Å². The molecule has 0 spiro atoms. The highest BCUT2D eigenvalue weighted by molar-refractivity contribution is 5.67. The van der Waals surface area contributed by atoms with E-state index >= 15 is 0 Å². The molecule has 0 fully saturated rings. The third-order valence-corrected chi connectivity index (χ3v) is 4.30. The second-order valence-electron chi connectivity index (χ2n) is 6.07. The van der Waals surface area contributed by atoms with Crippen molar-refractivity contribution in [3.63, 3.8) is 0 Å². The van der Waals surface area contributed by atoms with Gasteiger partial charge in [0.2, 0.25) is 0 Å². The van der Waals surface area contributed by atoms with Gasteiger partial charge in [-0.15, -0.1) is 0 Å². The summed E-state index contributed by atoms with van der Waals surface area (Å²) >= 11 is 0. The molecule has 8 heteroatoms. The van der Waals surface area contributed by atoms with Crippen LogP contribution in [0.3, 0.4) is 0 Å². The van der Waals surface area contributed by atoms with Crippen molar-refractivity contribution in [2.75, 3.05) is 14.2 Å². The number of hydrogen-bond donors (Lipinski definition) is 1. The van der Waals surface area contributed by atoms with E-state index in [9.17, 15) is 13.6 Å². The molecule has 1 aromatic heterocycles. The van der Waals surface area contributed by atoms with Gasteiger partial charge in [-0.05, 0) is 30.2 Å². The summed E-state index contributed by atoms with van der Waals surface area (Å²) in [6, 6.07) is 9.45. The highest BCUT2D eigenvalue weighted by atomic mass is 19.1. The Morgan fingerprint density at radius 2 is 1.86 bits per heavy atom. The van der Waals surface area contributed by atoms with Crippen molar-refractivity contribution in [1.29, 1.82) is 0 Å². The van der Waals surface area contributed by atoms with Crippen LogP contribution >= 0.6 is 0 Å². The Bertz CT molecular complexity index is 995. The molecule has 1 N–H and O–H groups in total. The Kier molecular flexibility index (Phi) is 5.58. The van der Waals surface area contributed by atoms with E-state index in [-0.39, 0.29) is 18.0 Å². The number of rotatable bonds is 5. The number of halogens is 2. The summed E-state index contributed by atoms with van der Waals surface area (Å²) in [6.45, 7) is 2.20. The van der Waals surface area contributed by atoms with Crippen molar-refractivity contribution in [3.8, 4) is 22.7 Å². The van der Waals surface area contributed by atoms with E-state index in [1.165, 1.54) is 20.4 Å². The van der Waals surface area contributed by atoms with Gasteiger partial charge < -0.3 is 14.8 Å². The molecule has 0 saturated heterocycles. The van der Waals surface area contributed by atoms with Crippen LogP contribution in [0, 0.1) is 18.6 Å². The molecule has 2 aromatic carbocycles. The summed E-state index contributed by atoms with van der Waals surface area (Å²) in [4.78, 5) is 11.3. The Morgan fingerprint density at radius 1 is 1.14 bits per heavy atom. The lowest BCUT2D eigenvalue weighted by Crippen LogP contribution is -2.22. The molecule has 1 amide bonds. The van der Waals surface area contributed by atoms with Crippen LogP contribution < -0.4 is 10.1 Å². The molecule has 0 saturated carbocycles. The Hall–Kier alpha value is -3.42. The average molecular weight is 387 g/mol. The van der Waals surface area contributed by atoms with Gasteiger partial charge in [0, 0.05) is 30.4 Å². The van der Waals surface area contributed by atoms with E-state index in [0.29, 0.717) is 5.69 Å². The molecule has 0 aliphatic carbocycles. The molecule has 3 aromatic rings. The van der Waals surface area contributed by atoms with Crippen LogP contribution in [0.15, 0.2) is 42.6 Å². The largest absolute Gasteiger partial charge is 0.497 e. The fourth-order valence-electron chi connectivity index (χ4n) is 2.74. The third kappa shape index (κ3) is 3.95. The summed E-state index contributed by atoms with van der Waals surface area (Å²) in [7, 11) is 2.63. The number of methoxy groups -OCH3 is 2. The van der Waals surface area contributed by atoms with Gasteiger partial charge in [0.25, 0.3) is 0 Å². The average Bonchev–Trinajstić information content (AvgIpc) is 3.16. The Labute approximate surface area is 160 Å². The molecule has 6 nitrogen and oxygen atoms in total. The maximum absolute atomic E-state index is 14.3. The van der Waals surface area contributed by atoms with E-state index in [1.54, 1.807) is 6.07 Å². The van der Waals surface area contributed by atoms with Gasteiger partial charge in [-0.25, -0.2) is 18.3 Å². The minimum Gasteiger partial charge on any atom is -0.497 e. The SMILES string of the molecule is COC(=O)NCc1cc(-c2ccn(-c3c(F)cc(OC)cc3F)n2)ccc1C. The molecule has 1 heterocycles. The molecule has 28 heavy (non-hydrogen) atoms. The molecule has 0 bridgehead atoms. The van der Waals surface area contributed by atoms with Gasteiger partial charge in [-0.1, -0.05) is 12.1 Å². The molecule has 0 radical (unpaired) electrons. The van der Waals surface area contributed by atoms with Crippen LogP contribution in [0.25, 0.3) is 16.9 Å². The van der Waals surface area contributed by atoms with Gasteiger partial charge >= 0.3 is 6.09 Å². The molecular formula is C20H19F2N3O3. The molecule has 0 aliphatic rings. The summed E-state index contributed by atoms with van der Waals surface area (Å²) in [5, 5.41) is 6.92. The summed E-state index contributed by atoms with van der Waals surface area (Å²) in [6.07, 6.45) is 0.953. The highest BCUT2D eigenvalue weighted by Crippen LogP contribution is 2.26. The lowest BCUT2D eigenvalue weighted by atomic mass is 10.0. The number of aryl methyl sites for hydroxylation is 1. The number of ether oxygens (including phenoxy) is 2. The predicted octanol–water partition coefficient (Wildman–Crippen LogP) is 3.99. The number of carbonyl (C=O) groups excluding carboxylic acids is 1. The lowest BCUT2D eigenvalue weighted by Gasteiger charge is -2.09. The van der Waals surface area contributed by atoms with E-state index in [1.807, 2.05) is 25.1 Å². The zero-order valence-electron chi connectivity index (χ0n) is 15.6. The van der Waals surface area contributed by atoms with Crippen molar-refractivity contribution >= 4 is 6.09 Å². The number of hydrogen-bond acceptors (Lipinski definition) is 4. The van der Waals surface area contributed by atoms with Crippen LogP contribution in [0.2, 0.25) is 0 Å². The number of carbonyl (C=O) groups is 1. The first-order valence-corrected chi connectivity index (χ1v) is 8.43. The normalized spacial score (nSPS) is 10.6. The quantitative estimate of drug-likeness (QED) is 0.719. The van der Waals surface area contributed by atoms with Crippen LogP contribution in [-0.2, 0) is 11.3 Å². The first kappa shape index (κ1) is 19.3. The van der Waals surface area contributed by atoms with Crippen LogP contribution in [0.4, 0.5) is 13.6 Å². The number of aromatic nitrogens is 2. The third-order valence-electron chi connectivity index (χ3n) is 4.30. The van der Waals surface area contributed by atoms with Crippen molar-refractivity contribution in [1.82, 2.24) is 15.1 Å². The van der Waals surface area contributed by atoms with Crippen LogP contribution in [-0.4, -0.2) is 30.1 Å². The van der Waals surface area contributed by atoms with Gasteiger partial charge in [-0.2, -0.15) is 5.10 Å². The van der Waals surface area contributed by atoms with Gasteiger partial charge in [-0.3, -0.25) is 0 Å². The minimum absolute atomic E-state index is 0.0902. The first-order chi connectivity index (χ1) is 13.4. The minimum atomic E-state index is -0.779. The first-order valence-electron chi connectivity index (χ1n) is 8.43. The Balaban J connectivity index is 1.91. The monoisotopic (exact) mass is 387 g/mol. The van der Waals surface area contributed by atoms with Crippen molar-refractivity contribution in [3.05, 3.63) is 65.4 Å². The van der Waals surface area contributed by atoms with Crippen LogP contribution in [0.1, 0.15) is 11.1 Å². The zero-order chi connectivity index (χ0) is 20.3. The fourth-order valence-corrected chi connectivity index (χ4v) is 2.74. The second-order valence-corrected chi connectivity index (χ2v) is 6.07. The van der Waals surface area contributed by atoms with E-state index in [4.69, 9.17) is 4.74 Å². The zero-order valence-corrected chi connectivity index (χ0v) is 15.6. The molecule has 0 aliphatic heterocycles. The lowest BCUT2D eigenvalue weighted by molar-refractivity contribution is 0.170. The Morgan fingerprint density at radius 3 is 2.50 bits per heavy atom. The van der Waals surface area contributed by atoms with Gasteiger partial charge in [0.15, 0.2) is 11.6 Å². The van der Waals surface area contributed by atoms with E-state index in [0.717, 1.165) is 33.5 Å². The summed E-state index contributed by atoms with van der Waals surface area (Å²) in [5.74, 6) is -1.47. The maximum Gasteiger partial charge on any atom is 0.407 e. The standard InChI is InChI=1S/C20H19F2N3O3/c1-12-4-5-13(8-14(12)11-23-20(26)28-3)18-6-7-25(24-18)19-16(21)9-15(27-2)10-17(19)22/h4-10H,11H2,1-3H3,(H,23,26). The number of nitrogens with zero attached hydrogens (tertiary/aromatic N) is 2. The van der Waals surface area contributed by atoms with Crippen molar-refractivity contribution in [2.24, 2.45) is 0 Å². The van der Waals surface area contributed by atoms with Gasteiger partial charge in [0.1, 0.15) is 11.4 Å². The molecule has 146 valence electrons. The molecule has 0 atom stereocenters. The topological polar surface area (TPSA) is 65.4 Å². The van der Waals surface area contributed by atoms with E-state index < -0.39 is 17.7 Å². The predicted molar refractivity (Wildman–Crippen MR) is 99.4 cm³/mol. The molecular weight excluding hydrogens is 368 g/mol. The number of nitrogens with one attached hydrogen (secondary N) is 1. The van der Waals surface area contributed by atoms with Gasteiger partial charge in [0.05, 0.1) is 19.9 Å². The summed E-state index contributed by atoms with van der Waals surface area (Å²) in [5.41, 5.74) is 2.85. The second kappa shape index (κ2) is 8.08. The number of amides is 1. The maximum atomic E-state index is 14.3. The van der Waals surface area contributed by atoms with Crippen molar-refractivity contribution in [2.45, 2.75) is 13.5 Å². The molecule has 3 rings (SSSR count). The summed E-state index contributed by atoms with van der Waals surface area (Å²) < 4.78 is 39.2.